The molecular formula is C25H31F3N4O6S2. The molecule has 3 aromatic rings. The number of nitrogens with one attached hydrogen (secondary N) is 1. The van der Waals surface area contributed by atoms with Crippen LogP contribution in [0.5, 0.6) is 0 Å². The van der Waals surface area contributed by atoms with Gasteiger partial charge in [-0.2, -0.15) is 13.2 Å². The van der Waals surface area contributed by atoms with Gasteiger partial charge in [0, 0.05) is 45.9 Å². The summed E-state index contributed by atoms with van der Waals surface area (Å²) >= 11 is 1.48. The Morgan fingerprint density at radius 2 is 1.90 bits per heavy atom. The minimum absolute atomic E-state index is 0.0548. The highest BCUT2D eigenvalue weighted by Crippen LogP contribution is 2.29. The molecule has 15 heteroatoms. The van der Waals surface area contributed by atoms with Gasteiger partial charge in [0.05, 0.1) is 21.2 Å². The second-order valence-electron chi connectivity index (χ2n) is 9.19. The van der Waals surface area contributed by atoms with Crippen molar-refractivity contribution in [1.29, 1.82) is 0 Å². The molecule has 0 aliphatic carbocycles. The maximum atomic E-state index is 12.8. The molecule has 0 saturated carbocycles. The number of aliphatic carboxylic acids is 1. The molecule has 220 valence electrons. The molecule has 2 aromatic carbocycles. The number of hydrogen-bond donors (Lipinski definition) is 4. The number of rotatable bonds is 10. The van der Waals surface area contributed by atoms with Crippen LogP contribution < -0.4 is 5.32 Å². The van der Waals surface area contributed by atoms with Crippen LogP contribution in [-0.2, 0) is 21.4 Å². The summed E-state index contributed by atoms with van der Waals surface area (Å²) in [6, 6.07) is 15.4. The molecule has 10 nitrogen and oxygen atoms in total. The van der Waals surface area contributed by atoms with Crippen molar-refractivity contribution in [2.45, 2.75) is 42.6 Å². The number of carbonyl (C=O) groups is 1. The average Bonchev–Trinajstić information content (AvgIpc) is 3.47. The highest BCUT2D eigenvalue weighted by molar-refractivity contribution is 7.89. The van der Waals surface area contributed by atoms with E-state index in [-0.39, 0.29) is 30.2 Å². The van der Waals surface area contributed by atoms with Crippen molar-refractivity contribution >= 4 is 42.7 Å². The van der Waals surface area contributed by atoms with Crippen molar-refractivity contribution in [3.05, 3.63) is 54.1 Å². The Bertz CT molecular complexity index is 1370. The molecule has 0 unspecified atom stereocenters. The smallest absolute Gasteiger partial charge is 0.475 e. The van der Waals surface area contributed by atoms with Crippen molar-refractivity contribution in [3.63, 3.8) is 0 Å². The van der Waals surface area contributed by atoms with Gasteiger partial charge >= 0.3 is 12.1 Å². The zero-order valence-corrected chi connectivity index (χ0v) is 23.2. The number of carboxylic acid groups (broad SMARTS) is 1. The Kier molecular flexibility index (Phi) is 10.9. The third-order valence-electron chi connectivity index (χ3n) is 6.16. The predicted octanol–water partition coefficient (Wildman–Crippen LogP) is 2.98. The van der Waals surface area contributed by atoms with Gasteiger partial charge in [0.15, 0.2) is 5.13 Å². The number of halogens is 3. The van der Waals surface area contributed by atoms with E-state index in [0.29, 0.717) is 31.4 Å². The van der Waals surface area contributed by atoms with Crippen LogP contribution in [0.15, 0.2) is 53.4 Å². The zero-order chi connectivity index (χ0) is 29.5. The molecule has 0 amide bonds. The lowest BCUT2D eigenvalue weighted by atomic mass is 10.1. The molecule has 1 aliphatic rings. The Labute approximate surface area is 233 Å². The van der Waals surface area contributed by atoms with Gasteiger partial charge in [-0.1, -0.05) is 41.7 Å². The SMILES string of the molecule is CN(CCCO)S(=O)(=O)c1ccc2sc(NC[C@H]3C[C@@H](O)CN3Cc3ccccc3)nc2c1.O=C(O)C(F)(F)F. The minimum Gasteiger partial charge on any atom is -0.475 e. The van der Waals surface area contributed by atoms with Gasteiger partial charge in [-0.3, -0.25) is 4.90 Å². The summed E-state index contributed by atoms with van der Waals surface area (Å²) < 4.78 is 59.5. The normalized spacial score (nSPS) is 18.1. The number of thiazole rings is 1. The van der Waals surface area contributed by atoms with E-state index in [0.717, 1.165) is 16.4 Å². The molecule has 2 heterocycles. The topological polar surface area (TPSA) is 143 Å². The van der Waals surface area contributed by atoms with E-state index in [1.165, 1.54) is 28.3 Å². The molecule has 0 bridgehead atoms. The van der Waals surface area contributed by atoms with Crippen molar-refractivity contribution in [3.8, 4) is 0 Å². The van der Waals surface area contributed by atoms with Crippen LogP contribution in [-0.4, -0.2) is 95.5 Å². The Morgan fingerprint density at radius 3 is 2.52 bits per heavy atom. The fraction of sp³-hybridized carbons (Fsp3) is 0.440. The second kappa shape index (κ2) is 13.7. The number of aliphatic hydroxyl groups is 2. The van der Waals surface area contributed by atoms with Crippen LogP contribution in [0.1, 0.15) is 18.4 Å². The largest absolute Gasteiger partial charge is 0.490 e. The summed E-state index contributed by atoms with van der Waals surface area (Å²) in [5.41, 5.74) is 1.85. The first kappa shape index (κ1) is 31.7. The number of nitrogens with zero attached hydrogens (tertiary/aromatic N) is 3. The van der Waals surface area contributed by atoms with E-state index in [2.05, 4.69) is 27.3 Å². The first-order valence-corrected chi connectivity index (χ1v) is 14.5. The predicted molar refractivity (Wildman–Crippen MR) is 145 cm³/mol. The zero-order valence-electron chi connectivity index (χ0n) is 21.6. The lowest BCUT2D eigenvalue weighted by Gasteiger charge is -2.24. The van der Waals surface area contributed by atoms with E-state index in [1.807, 2.05) is 18.2 Å². The van der Waals surface area contributed by atoms with Crippen LogP contribution >= 0.6 is 11.3 Å². The van der Waals surface area contributed by atoms with Crippen LogP contribution in [0.2, 0.25) is 0 Å². The third kappa shape index (κ3) is 8.59. The van der Waals surface area contributed by atoms with Crippen molar-refractivity contribution < 1.29 is 41.7 Å². The van der Waals surface area contributed by atoms with E-state index < -0.39 is 22.2 Å². The molecule has 1 aromatic heterocycles. The molecule has 1 saturated heterocycles. The van der Waals surface area contributed by atoms with Gasteiger partial charge in [0.25, 0.3) is 0 Å². The van der Waals surface area contributed by atoms with Crippen molar-refractivity contribution in [2.24, 2.45) is 0 Å². The summed E-state index contributed by atoms with van der Waals surface area (Å²) in [4.78, 5) is 16.0. The highest BCUT2D eigenvalue weighted by atomic mass is 32.2. The fourth-order valence-corrected chi connectivity index (χ4v) is 6.21. The first-order chi connectivity index (χ1) is 18.8. The number of β-amino-alcohol motifs (C(OH)–C–C–N with tert-alkyl or cyclic N) is 1. The minimum atomic E-state index is -5.08. The number of hydrogen-bond acceptors (Lipinski definition) is 9. The number of alkyl halides is 3. The number of aliphatic hydroxyl groups excluding tert-OH is 2. The van der Waals surface area contributed by atoms with Crippen LogP contribution in [0.4, 0.5) is 18.3 Å². The molecule has 4 N–H and O–H groups in total. The van der Waals surface area contributed by atoms with Crippen molar-refractivity contribution in [1.82, 2.24) is 14.2 Å². The van der Waals surface area contributed by atoms with Gasteiger partial charge in [-0.15, -0.1) is 0 Å². The van der Waals surface area contributed by atoms with E-state index in [4.69, 9.17) is 15.0 Å². The van der Waals surface area contributed by atoms with E-state index >= 15 is 0 Å². The summed E-state index contributed by atoms with van der Waals surface area (Å²) in [6.07, 6.45) is -4.33. The molecule has 2 atom stereocenters. The van der Waals surface area contributed by atoms with Crippen LogP contribution in [0.3, 0.4) is 0 Å². The van der Waals surface area contributed by atoms with Crippen LogP contribution in [0, 0.1) is 0 Å². The van der Waals surface area contributed by atoms with E-state index in [1.54, 1.807) is 18.2 Å². The maximum Gasteiger partial charge on any atom is 0.490 e. The summed E-state index contributed by atoms with van der Waals surface area (Å²) in [7, 11) is -2.12. The Hall–Kier alpha value is -2.82. The molecule has 40 heavy (non-hydrogen) atoms. The number of anilines is 1. The maximum absolute atomic E-state index is 12.8. The third-order valence-corrected chi connectivity index (χ3v) is 9.01. The molecule has 1 fully saturated rings. The number of aromatic nitrogens is 1. The number of fused-ring (bicyclic) bond motifs is 1. The molecule has 0 spiro atoms. The highest BCUT2D eigenvalue weighted by Gasteiger charge is 2.38. The van der Waals surface area contributed by atoms with Gasteiger partial charge in [0.2, 0.25) is 10.0 Å². The van der Waals surface area contributed by atoms with Crippen LogP contribution in [0.25, 0.3) is 10.2 Å². The molecular weight excluding hydrogens is 573 g/mol. The molecule has 1 aliphatic heterocycles. The Balaban J connectivity index is 0.000000559. The molecule has 4 rings (SSSR count). The van der Waals surface area contributed by atoms with Gasteiger partial charge in [0.1, 0.15) is 0 Å². The number of carboxylic acids is 1. The molecule has 0 radical (unpaired) electrons. The standard InChI is InChI=1S/C23H30N4O4S2.C2HF3O2/c1-26(10-5-11-28)33(30,31)20-8-9-22-21(13-20)25-23(32-22)24-14-18-12-19(29)16-27(18)15-17-6-3-2-4-7-17;3-2(4,5)1(6)7/h2-4,6-9,13,18-19,28-29H,5,10-12,14-16H2,1H3,(H,24,25);(H,6,7)/t18-,19-;/m1./s1. The number of likely N-dealkylation sites (tertiary alicyclic amines) is 1. The second-order valence-corrected chi connectivity index (χ2v) is 12.3. The number of sulfonamides is 1. The monoisotopic (exact) mass is 604 g/mol. The summed E-state index contributed by atoms with van der Waals surface area (Å²) in [6.45, 7) is 2.29. The average molecular weight is 605 g/mol. The van der Waals surface area contributed by atoms with E-state index in [9.17, 15) is 26.7 Å². The van der Waals surface area contributed by atoms with Gasteiger partial charge in [-0.05, 0) is 36.6 Å². The van der Waals surface area contributed by atoms with Gasteiger partial charge in [-0.25, -0.2) is 22.5 Å². The quantitative estimate of drug-likeness (QED) is 0.275. The summed E-state index contributed by atoms with van der Waals surface area (Å²) in [5, 5.41) is 30.4. The lowest BCUT2D eigenvalue weighted by molar-refractivity contribution is -0.192. The fourth-order valence-electron chi connectivity index (χ4n) is 4.12. The Morgan fingerprint density at radius 1 is 1.23 bits per heavy atom. The van der Waals surface area contributed by atoms with Crippen molar-refractivity contribution in [2.75, 3.05) is 38.6 Å². The summed E-state index contributed by atoms with van der Waals surface area (Å²) in [5.74, 6) is -2.76. The van der Waals surface area contributed by atoms with Gasteiger partial charge < -0.3 is 20.6 Å². The first-order valence-electron chi connectivity index (χ1n) is 12.3. The lowest BCUT2D eigenvalue weighted by Crippen LogP contribution is -2.34. The number of benzene rings is 2.